The van der Waals surface area contributed by atoms with Crippen molar-refractivity contribution in [1.29, 1.82) is 0 Å². The van der Waals surface area contributed by atoms with Crippen molar-refractivity contribution in [2.24, 2.45) is 0 Å². The maximum atomic E-state index is 11.9. The van der Waals surface area contributed by atoms with Crippen molar-refractivity contribution in [2.75, 3.05) is 18.9 Å². The molecule has 0 aliphatic heterocycles. The molecule has 120 valence electrons. The Balaban J connectivity index is 1.81. The lowest BCUT2D eigenvalue weighted by molar-refractivity contribution is -0.115. The van der Waals surface area contributed by atoms with E-state index in [1.807, 2.05) is 24.3 Å². The van der Waals surface area contributed by atoms with Gasteiger partial charge in [-0.25, -0.2) is 0 Å². The van der Waals surface area contributed by atoms with Crippen molar-refractivity contribution in [3.63, 3.8) is 0 Å². The van der Waals surface area contributed by atoms with Crippen molar-refractivity contribution < 1.29 is 9.59 Å². The molecule has 0 aromatic heterocycles. The third kappa shape index (κ3) is 5.09. The maximum absolute atomic E-state index is 11.9. The van der Waals surface area contributed by atoms with Gasteiger partial charge in [0, 0.05) is 29.9 Å². The number of rotatable bonds is 6. The van der Waals surface area contributed by atoms with Crippen LogP contribution in [-0.2, 0) is 11.3 Å². The van der Waals surface area contributed by atoms with E-state index in [2.05, 4.69) is 16.0 Å². The maximum Gasteiger partial charge on any atom is 0.251 e. The summed E-state index contributed by atoms with van der Waals surface area (Å²) in [5, 5.41) is 9.02. The molecule has 0 spiro atoms. The largest absolute Gasteiger partial charge is 0.355 e. The van der Waals surface area contributed by atoms with Crippen LogP contribution in [-0.4, -0.2) is 25.4 Å². The van der Waals surface area contributed by atoms with Gasteiger partial charge < -0.3 is 16.0 Å². The van der Waals surface area contributed by atoms with Gasteiger partial charge in [-0.1, -0.05) is 29.8 Å². The van der Waals surface area contributed by atoms with E-state index < -0.39 is 0 Å². The number of anilines is 1. The van der Waals surface area contributed by atoms with Gasteiger partial charge in [0.25, 0.3) is 5.91 Å². The second-order valence-corrected chi connectivity index (χ2v) is 5.31. The first-order valence-electron chi connectivity index (χ1n) is 7.16. The SMILES string of the molecule is CNC(=O)c1ccc(NC(=O)CNCc2ccccc2Cl)cc1. The molecule has 5 nitrogen and oxygen atoms in total. The predicted octanol–water partition coefficient (Wildman–Crippen LogP) is 2.43. The van der Waals surface area contributed by atoms with Crippen LogP contribution >= 0.6 is 11.6 Å². The van der Waals surface area contributed by atoms with Gasteiger partial charge in [0.2, 0.25) is 5.91 Å². The van der Waals surface area contributed by atoms with E-state index in [9.17, 15) is 9.59 Å². The summed E-state index contributed by atoms with van der Waals surface area (Å²) in [5.74, 6) is -0.325. The molecular formula is C17H18ClN3O2. The number of carbonyl (C=O) groups is 2. The number of nitrogens with one attached hydrogen (secondary N) is 3. The van der Waals surface area contributed by atoms with Gasteiger partial charge in [-0.2, -0.15) is 0 Å². The molecule has 3 N–H and O–H groups in total. The second kappa shape index (κ2) is 8.31. The van der Waals surface area contributed by atoms with Crippen molar-refractivity contribution in [1.82, 2.24) is 10.6 Å². The smallest absolute Gasteiger partial charge is 0.251 e. The average molecular weight is 332 g/mol. The minimum Gasteiger partial charge on any atom is -0.355 e. The topological polar surface area (TPSA) is 70.2 Å². The zero-order valence-electron chi connectivity index (χ0n) is 12.7. The van der Waals surface area contributed by atoms with E-state index in [0.717, 1.165) is 5.56 Å². The van der Waals surface area contributed by atoms with Crippen LogP contribution in [0.25, 0.3) is 0 Å². The molecule has 0 atom stereocenters. The van der Waals surface area contributed by atoms with Gasteiger partial charge in [0.05, 0.1) is 6.54 Å². The predicted molar refractivity (Wildman–Crippen MR) is 91.6 cm³/mol. The molecule has 0 aliphatic carbocycles. The van der Waals surface area contributed by atoms with Crippen LogP contribution in [0.15, 0.2) is 48.5 Å². The third-order valence-electron chi connectivity index (χ3n) is 3.22. The highest BCUT2D eigenvalue weighted by molar-refractivity contribution is 6.31. The molecule has 0 radical (unpaired) electrons. The van der Waals surface area contributed by atoms with Gasteiger partial charge in [-0.15, -0.1) is 0 Å². The van der Waals surface area contributed by atoms with Gasteiger partial charge in [0.15, 0.2) is 0 Å². The molecule has 0 saturated carbocycles. The summed E-state index contributed by atoms with van der Waals surface area (Å²) < 4.78 is 0. The number of halogens is 1. The van der Waals surface area contributed by atoms with Crippen LogP contribution in [0.2, 0.25) is 5.02 Å². The minimum absolute atomic E-state index is 0.162. The Morgan fingerprint density at radius 2 is 1.74 bits per heavy atom. The molecule has 2 rings (SSSR count). The fourth-order valence-corrected chi connectivity index (χ4v) is 2.21. The summed E-state index contributed by atoms with van der Waals surface area (Å²) in [6.07, 6.45) is 0. The lowest BCUT2D eigenvalue weighted by atomic mass is 10.2. The molecule has 0 fully saturated rings. The standard InChI is InChI=1S/C17H18ClN3O2/c1-19-17(23)12-6-8-14(9-7-12)21-16(22)11-20-10-13-4-2-3-5-15(13)18/h2-9,20H,10-11H2,1H3,(H,19,23)(H,21,22). The van der Waals surface area contributed by atoms with Crippen LogP contribution in [0, 0.1) is 0 Å². The van der Waals surface area contributed by atoms with Crippen LogP contribution < -0.4 is 16.0 Å². The molecule has 0 bridgehead atoms. The van der Waals surface area contributed by atoms with Gasteiger partial charge >= 0.3 is 0 Å². The molecule has 2 aromatic carbocycles. The highest BCUT2D eigenvalue weighted by atomic mass is 35.5. The summed E-state index contributed by atoms with van der Waals surface area (Å²) >= 11 is 6.05. The molecular weight excluding hydrogens is 314 g/mol. The van der Waals surface area contributed by atoms with Crippen molar-refractivity contribution in [3.05, 3.63) is 64.7 Å². The Hall–Kier alpha value is -2.37. The number of hydrogen-bond acceptors (Lipinski definition) is 3. The van der Waals surface area contributed by atoms with Gasteiger partial charge in [-0.05, 0) is 35.9 Å². The summed E-state index contributed by atoms with van der Waals surface area (Å²) in [5.41, 5.74) is 2.13. The molecule has 2 amide bonds. The van der Waals surface area contributed by atoms with Gasteiger partial charge in [0.1, 0.15) is 0 Å². The Morgan fingerprint density at radius 1 is 1.04 bits per heavy atom. The van der Waals surface area contributed by atoms with Gasteiger partial charge in [-0.3, -0.25) is 9.59 Å². The quantitative estimate of drug-likeness (QED) is 0.761. The van der Waals surface area contributed by atoms with E-state index in [-0.39, 0.29) is 18.4 Å². The van der Waals surface area contributed by atoms with E-state index in [1.165, 1.54) is 0 Å². The lowest BCUT2D eigenvalue weighted by Crippen LogP contribution is -2.27. The van der Waals surface area contributed by atoms with E-state index in [4.69, 9.17) is 11.6 Å². The third-order valence-corrected chi connectivity index (χ3v) is 3.59. The van der Waals surface area contributed by atoms with E-state index in [1.54, 1.807) is 31.3 Å². The first-order chi connectivity index (χ1) is 11.1. The fourth-order valence-electron chi connectivity index (χ4n) is 2.01. The number of benzene rings is 2. The highest BCUT2D eigenvalue weighted by Gasteiger charge is 2.05. The Kier molecular flexibility index (Phi) is 6.14. The molecule has 2 aromatic rings. The summed E-state index contributed by atoms with van der Waals surface area (Å²) in [4.78, 5) is 23.3. The zero-order valence-corrected chi connectivity index (χ0v) is 13.5. The molecule has 0 unspecified atom stereocenters. The van der Waals surface area contributed by atoms with Crippen molar-refractivity contribution >= 4 is 29.1 Å². The Bertz CT molecular complexity index is 686. The van der Waals surface area contributed by atoms with E-state index in [0.29, 0.717) is 22.8 Å². The number of amides is 2. The highest BCUT2D eigenvalue weighted by Crippen LogP contribution is 2.14. The number of carbonyl (C=O) groups excluding carboxylic acids is 2. The molecule has 0 heterocycles. The minimum atomic E-state index is -0.163. The van der Waals surface area contributed by atoms with Crippen molar-refractivity contribution in [2.45, 2.75) is 6.54 Å². The summed E-state index contributed by atoms with van der Waals surface area (Å²) in [6, 6.07) is 14.2. The second-order valence-electron chi connectivity index (χ2n) is 4.90. The molecule has 23 heavy (non-hydrogen) atoms. The number of hydrogen-bond donors (Lipinski definition) is 3. The van der Waals surface area contributed by atoms with Crippen molar-refractivity contribution in [3.8, 4) is 0 Å². The van der Waals surface area contributed by atoms with Crippen LogP contribution in [0.5, 0.6) is 0 Å². The first kappa shape index (κ1) is 17.0. The monoisotopic (exact) mass is 331 g/mol. The van der Waals surface area contributed by atoms with Crippen LogP contribution in [0.3, 0.4) is 0 Å². The molecule has 6 heteroatoms. The zero-order chi connectivity index (χ0) is 16.7. The first-order valence-corrected chi connectivity index (χ1v) is 7.54. The summed E-state index contributed by atoms with van der Waals surface area (Å²) in [6.45, 7) is 0.686. The average Bonchev–Trinajstić information content (AvgIpc) is 2.56. The lowest BCUT2D eigenvalue weighted by Gasteiger charge is -2.08. The Morgan fingerprint density at radius 3 is 2.39 bits per heavy atom. The van der Waals surface area contributed by atoms with E-state index >= 15 is 0 Å². The molecule has 0 aliphatic rings. The fraction of sp³-hybridized carbons (Fsp3) is 0.176. The van der Waals surface area contributed by atoms with Crippen LogP contribution in [0.4, 0.5) is 5.69 Å². The normalized spacial score (nSPS) is 10.2. The Labute approximate surface area is 140 Å². The molecule has 0 saturated heterocycles. The van der Waals surface area contributed by atoms with Crippen LogP contribution in [0.1, 0.15) is 15.9 Å². The summed E-state index contributed by atoms with van der Waals surface area (Å²) in [7, 11) is 1.57.